The number of amides is 2. The first-order valence-electron chi connectivity index (χ1n) is 16.5. The van der Waals surface area contributed by atoms with Crippen LogP contribution in [0.5, 0.6) is 0 Å². The van der Waals surface area contributed by atoms with Crippen molar-refractivity contribution in [3.8, 4) is 0 Å². The van der Waals surface area contributed by atoms with Crippen LogP contribution < -0.4 is 10.6 Å². The number of piperidine rings is 2. The molecule has 42 heavy (non-hydrogen) atoms. The van der Waals surface area contributed by atoms with E-state index < -0.39 is 6.10 Å². The van der Waals surface area contributed by atoms with Crippen molar-refractivity contribution in [1.82, 2.24) is 15.5 Å². The van der Waals surface area contributed by atoms with Crippen molar-refractivity contribution in [1.29, 1.82) is 0 Å². The number of rotatable bonds is 9. The Morgan fingerprint density at radius 1 is 0.881 bits per heavy atom. The maximum absolute atomic E-state index is 14.2. The van der Waals surface area contributed by atoms with Crippen molar-refractivity contribution in [3.05, 3.63) is 0 Å². The van der Waals surface area contributed by atoms with Gasteiger partial charge < -0.3 is 39.2 Å². The van der Waals surface area contributed by atoms with E-state index in [1.807, 2.05) is 6.92 Å². The first-order valence-corrected chi connectivity index (χ1v) is 16.5. The SMILES string of the molecule is COC1CCC(CNC(=O)C(C)OC2CCC3C(C2)C2CCNC4C5CCC(OC)C(OC)C5C(=O)N3C24)CC1OC. The Bertz CT molecular complexity index is 968. The van der Waals surface area contributed by atoms with Gasteiger partial charge in [0.1, 0.15) is 6.10 Å². The standard InChI is InChI=1S/C32H53N3O7/c1-17(31(36)34-16-18-6-10-24(38-2)26(14-18)40-4)42-19-7-9-23-22(15-19)20-12-13-33-28-21-8-11-25(39-3)30(41-5)27(21)32(37)35(23)29(20)28/h17-30,33H,6-16H2,1-5H3,(H,34,36). The van der Waals surface area contributed by atoms with Crippen LogP contribution in [0, 0.1) is 29.6 Å². The molecule has 10 nitrogen and oxygen atoms in total. The first kappa shape index (κ1) is 30.7. The van der Waals surface area contributed by atoms with Crippen molar-refractivity contribution in [2.75, 3.05) is 41.5 Å². The molecule has 14 unspecified atom stereocenters. The lowest BCUT2D eigenvalue weighted by Gasteiger charge is -2.55. The average Bonchev–Trinajstić information content (AvgIpc) is 3.36. The van der Waals surface area contributed by atoms with Gasteiger partial charge in [-0.3, -0.25) is 9.59 Å². The predicted molar refractivity (Wildman–Crippen MR) is 156 cm³/mol. The van der Waals surface area contributed by atoms with E-state index in [1.54, 1.807) is 28.4 Å². The van der Waals surface area contributed by atoms with Crippen molar-refractivity contribution >= 4 is 11.8 Å². The number of nitrogens with zero attached hydrogens (tertiary/aromatic N) is 1. The molecule has 0 aromatic rings. The highest BCUT2D eigenvalue weighted by Gasteiger charge is 2.64. The maximum Gasteiger partial charge on any atom is 0.248 e. The second kappa shape index (κ2) is 13.0. The molecule has 10 heteroatoms. The Morgan fingerprint density at radius 2 is 1.64 bits per heavy atom. The number of ether oxygens (including phenoxy) is 5. The molecule has 3 saturated heterocycles. The molecule has 0 aromatic heterocycles. The molecular weight excluding hydrogens is 538 g/mol. The van der Waals surface area contributed by atoms with Gasteiger partial charge in [-0.2, -0.15) is 0 Å². The Balaban J connectivity index is 1.07. The summed E-state index contributed by atoms with van der Waals surface area (Å²) in [5.74, 6) is 1.66. The molecule has 2 amide bonds. The molecule has 6 rings (SSSR count). The summed E-state index contributed by atoms with van der Waals surface area (Å²) in [6.07, 6.45) is 8.13. The number of carbonyl (C=O) groups excluding carboxylic acids is 2. The van der Waals surface area contributed by atoms with Gasteiger partial charge in [-0.25, -0.2) is 0 Å². The summed E-state index contributed by atoms with van der Waals surface area (Å²) in [6.45, 7) is 3.51. The molecule has 6 aliphatic rings. The zero-order valence-electron chi connectivity index (χ0n) is 26.2. The molecule has 3 saturated carbocycles. The lowest BCUT2D eigenvalue weighted by molar-refractivity contribution is -0.175. The van der Waals surface area contributed by atoms with Crippen LogP contribution in [0.25, 0.3) is 0 Å². The Labute approximate surface area is 251 Å². The summed E-state index contributed by atoms with van der Waals surface area (Å²) >= 11 is 0. The molecule has 0 radical (unpaired) electrons. The molecule has 238 valence electrons. The minimum absolute atomic E-state index is 0.0342. The number of carbonyl (C=O) groups is 2. The molecule has 3 aliphatic carbocycles. The molecule has 3 aliphatic heterocycles. The van der Waals surface area contributed by atoms with Crippen LogP contribution in [0.3, 0.4) is 0 Å². The molecule has 3 heterocycles. The number of nitrogens with one attached hydrogen (secondary N) is 2. The minimum Gasteiger partial charge on any atom is -0.379 e. The number of hydrogen-bond acceptors (Lipinski definition) is 8. The van der Waals surface area contributed by atoms with Crippen molar-refractivity contribution < 1.29 is 33.3 Å². The van der Waals surface area contributed by atoms with Gasteiger partial charge in [-0.1, -0.05) is 0 Å². The molecule has 2 N–H and O–H groups in total. The smallest absolute Gasteiger partial charge is 0.248 e. The van der Waals surface area contributed by atoms with Gasteiger partial charge in [0.2, 0.25) is 11.8 Å². The van der Waals surface area contributed by atoms with Crippen LogP contribution in [-0.2, 0) is 33.3 Å². The van der Waals surface area contributed by atoms with Crippen LogP contribution in [0.4, 0.5) is 0 Å². The largest absolute Gasteiger partial charge is 0.379 e. The predicted octanol–water partition coefficient (Wildman–Crippen LogP) is 2.13. The van der Waals surface area contributed by atoms with Crippen molar-refractivity contribution in [2.24, 2.45) is 29.6 Å². The van der Waals surface area contributed by atoms with Gasteiger partial charge in [-0.15, -0.1) is 0 Å². The van der Waals surface area contributed by atoms with Crippen LogP contribution in [0.2, 0.25) is 0 Å². The minimum atomic E-state index is -0.497. The average molecular weight is 592 g/mol. The highest BCUT2D eigenvalue weighted by atomic mass is 16.5. The molecule has 0 aromatic carbocycles. The van der Waals surface area contributed by atoms with Crippen LogP contribution in [0.15, 0.2) is 0 Å². The van der Waals surface area contributed by atoms with E-state index in [9.17, 15) is 9.59 Å². The van der Waals surface area contributed by atoms with Crippen molar-refractivity contribution in [2.45, 2.75) is 119 Å². The van der Waals surface area contributed by atoms with E-state index in [2.05, 4.69) is 15.5 Å². The highest BCUT2D eigenvalue weighted by molar-refractivity contribution is 5.83. The summed E-state index contributed by atoms with van der Waals surface area (Å²) in [4.78, 5) is 29.6. The summed E-state index contributed by atoms with van der Waals surface area (Å²) in [5.41, 5.74) is 0. The lowest BCUT2D eigenvalue weighted by atomic mass is 9.64. The van der Waals surface area contributed by atoms with Crippen LogP contribution in [0.1, 0.15) is 64.7 Å². The Morgan fingerprint density at radius 3 is 2.38 bits per heavy atom. The number of methoxy groups -OCH3 is 4. The fourth-order valence-electron chi connectivity index (χ4n) is 10.1. The third kappa shape index (κ3) is 5.42. The second-order valence-electron chi connectivity index (χ2n) is 13.8. The first-order chi connectivity index (χ1) is 20.4. The van der Waals surface area contributed by atoms with E-state index in [0.717, 1.165) is 64.3 Å². The Kier molecular flexibility index (Phi) is 9.49. The summed E-state index contributed by atoms with van der Waals surface area (Å²) in [7, 11) is 6.94. The summed E-state index contributed by atoms with van der Waals surface area (Å²) < 4.78 is 29.4. The van der Waals surface area contributed by atoms with Gasteiger partial charge in [0.05, 0.1) is 42.5 Å². The zero-order valence-corrected chi connectivity index (χ0v) is 26.2. The number of fused-ring (bicyclic) bond motifs is 5. The normalized spacial score (nSPS) is 45.5. The molecule has 0 bridgehead atoms. The Hall–Kier alpha value is -1.30. The number of hydrogen-bond donors (Lipinski definition) is 2. The summed E-state index contributed by atoms with van der Waals surface area (Å²) in [6, 6.07) is 0.812. The van der Waals surface area contributed by atoms with Crippen molar-refractivity contribution in [3.63, 3.8) is 0 Å². The van der Waals surface area contributed by atoms with E-state index in [4.69, 9.17) is 23.7 Å². The van der Waals surface area contributed by atoms with Gasteiger partial charge in [0.25, 0.3) is 0 Å². The molecule has 14 atom stereocenters. The van der Waals surface area contributed by atoms with Crippen LogP contribution >= 0.6 is 0 Å². The quantitative estimate of drug-likeness (QED) is 0.420. The molecule has 0 spiro atoms. The molecule has 6 fully saturated rings. The topological polar surface area (TPSA) is 108 Å². The lowest BCUT2D eigenvalue weighted by Crippen LogP contribution is -2.70. The van der Waals surface area contributed by atoms with E-state index >= 15 is 0 Å². The zero-order chi connectivity index (χ0) is 29.5. The van der Waals surface area contributed by atoms with Crippen LogP contribution in [-0.4, -0.2) is 113 Å². The maximum atomic E-state index is 14.2. The second-order valence-corrected chi connectivity index (χ2v) is 13.8. The van der Waals surface area contributed by atoms with E-state index in [-0.39, 0.29) is 66.3 Å². The molecular formula is C32H53N3O7. The van der Waals surface area contributed by atoms with Gasteiger partial charge in [-0.05, 0) is 94.9 Å². The van der Waals surface area contributed by atoms with Gasteiger partial charge in [0, 0.05) is 47.1 Å². The third-order valence-electron chi connectivity index (χ3n) is 12.0. The fourth-order valence-corrected chi connectivity index (χ4v) is 10.1. The monoisotopic (exact) mass is 591 g/mol. The fraction of sp³-hybridized carbons (Fsp3) is 0.938. The van der Waals surface area contributed by atoms with E-state index in [1.165, 1.54) is 0 Å². The van der Waals surface area contributed by atoms with E-state index in [0.29, 0.717) is 30.3 Å². The third-order valence-corrected chi connectivity index (χ3v) is 12.0. The summed E-state index contributed by atoms with van der Waals surface area (Å²) in [5, 5.41) is 7.00. The highest BCUT2D eigenvalue weighted by Crippen LogP contribution is 2.54. The van der Waals surface area contributed by atoms with Gasteiger partial charge >= 0.3 is 0 Å². The van der Waals surface area contributed by atoms with Gasteiger partial charge in [0.15, 0.2) is 0 Å².